The zero-order valence-electron chi connectivity index (χ0n) is 13.5. The molecule has 1 rings (SSSR count). The summed E-state index contributed by atoms with van der Waals surface area (Å²) in [6, 6.07) is 0.0225. The Morgan fingerprint density at radius 3 is 2.52 bits per heavy atom. The second-order valence-corrected chi connectivity index (χ2v) is 6.59. The normalized spacial score (nSPS) is 28.1. The molecule has 0 radical (unpaired) electrons. The number of carboxylic acid groups (broad SMARTS) is 1. The van der Waals surface area contributed by atoms with Gasteiger partial charge in [0.05, 0.1) is 5.92 Å². The summed E-state index contributed by atoms with van der Waals surface area (Å²) in [5.41, 5.74) is 6.09. The Kier molecular flexibility index (Phi) is 7.15. The van der Waals surface area contributed by atoms with Crippen LogP contribution in [-0.2, 0) is 9.59 Å². The summed E-state index contributed by atoms with van der Waals surface area (Å²) < 4.78 is 0. The van der Waals surface area contributed by atoms with Crippen molar-refractivity contribution in [2.45, 2.75) is 58.9 Å². The van der Waals surface area contributed by atoms with Gasteiger partial charge in [-0.15, -0.1) is 0 Å². The topological polar surface area (TPSA) is 92.4 Å². The standard InChI is InChI=1S/C16H30N2O3/c1-4-12(10(2)9-18-11(3)19)5-6-13-7-14(16(20)21)8-15(13)17/h10,12-15H,4-9,17H2,1-3H3,(H,18,19)(H,20,21)/t10?,12-,13?,14?,15-/m1/s1. The Morgan fingerprint density at radius 2 is 2.05 bits per heavy atom. The van der Waals surface area contributed by atoms with Gasteiger partial charge in [-0.05, 0) is 43.4 Å². The minimum Gasteiger partial charge on any atom is -0.481 e. The van der Waals surface area contributed by atoms with Crippen molar-refractivity contribution in [2.24, 2.45) is 29.4 Å². The molecular weight excluding hydrogens is 268 g/mol. The molecule has 5 atom stereocenters. The maximum atomic E-state index is 11.0. The highest BCUT2D eigenvalue weighted by molar-refractivity contribution is 5.72. The summed E-state index contributed by atoms with van der Waals surface area (Å²) in [6.07, 6.45) is 4.45. The molecule has 1 aliphatic carbocycles. The van der Waals surface area contributed by atoms with E-state index in [1.54, 1.807) is 0 Å². The molecule has 21 heavy (non-hydrogen) atoms. The molecule has 0 aromatic heterocycles. The minimum atomic E-state index is -0.709. The lowest BCUT2D eigenvalue weighted by atomic mass is 9.84. The highest BCUT2D eigenvalue weighted by atomic mass is 16.4. The molecule has 122 valence electrons. The molecule has 1 aliphatic rings. The molecule has 3 unspecified atom stereocenters. The number of carboxylic acids is 1. The van der Waals surface area contributed by atoms with Crippen molar-refractivity contribution in [1.29, 1.82) is 0 Å². The van der Waals surface area contributed by atoms with E-state index < -0.39 is 5.97 Å². The van der Waals surface area contributed by atoms with Gasteiger partial charge in [0.15, 0.2) is 0 Å². The van der Waals surface area contributed by atoms with Crippen molar-refractivity contribution in [3.63, 3.8) is 0 Å². The number of carbonyl (C=O) groups excluding carboxylic acids is 1. The molecule has 1 fully saturated rings. The fourth-order valence-corrected chi connectivity index (χ4v) is 3.48. The number of carbonyl (C=O) groups is 2. The lowest BCUT2D eigenvalue weighted by Gasteiger charge is -2.25. The van der Waals surface area contributed by atoms with Gasteiger partial charge in [-0.2, -0.15) is 0 Å². The number of hydrogen-bond donors (Lipinski definition) is 3. The molecule has 0 heterocycles. The van der Waals surface area contributed by atoms with Crippen molar-refractivity contribution in [1.82, 2.24) is 5.32 Å². The molecule has 1 amide bonds. The van der Waals surface area contributed by atoms with Gasteiger partial charge in [0.25, 0.3) is 0 Å². The van der Waals surface area contributed by atoms with Gasteiger partial charge in [0.1, 0.15) is 0 Å². The highest BCUT2D eigenvalue weighted by Crippen LogP contribution is 2.35. The summed E-state index contributed by atoms with van der Waals surface area (Å²) in [4.78, 5) is 22.0. The smallest absolute Gasteiger partial charge is 0.306 e. The molecule has 5 heteroatoms. The molecule has 0 saturated heterocycles. The van der Waals surface area contributed by atoms with Crippen LogP contribution in [0.4, 0.5) is 0 Å². The van der Waals surface area contributed by atoms with Crippen LogP contribution in [0, 0.1) is 23.7 Å². The molecule has 0 spiro atoms. The number of nitrogens with one attached hydrogen (secondary N) is 1. The van der Waals surface area contributed by atoms with E-state index in [9.17, 15) is 9.59 Å². The maximum absolute atomic E-state index is 11.0. The van der Waals surface area contributed by atoms with Crippen molar-refractivity contribution < 1.29 is 14.7 Å². The van der Waals surface area contributed by atoms with Crippen LogP contribution < -0.4 is 11.1 Å². The monoisotopic (exact) mass is 298 g/mol. The molecule has 1 saturated carbocycles. The predicted molar refractivity (Wildman–Crippen MR) is 82.7 cm³/mol. The maximum Gasteiger partial charge on any atom is 0.306 e. The van der Waals surface area contributed by atoms with E-state index in [-0.39, 0.29) is 17.9 Å². The minimum absolute atomic E-state index is 0.0128. The number of aliphatic carboxylic acids is 1. The van der Waals surface area contributed by atoms with Gasteiger partial charge in [-0.3, -0.25) is 9.59 Å². The Bertz CT molecular complexity index is 359. The first-order valence-corrected chi connectivity index (χ1v) is 8.07. The van der Waals surface area contributed by atoms with Crippen LogP contribution in [0.1, 0.15) is 52.9 Å². The molecule has 0 aromatic rings. The van der Waals surface area contributed by atoms with Crippen molar-refractivity contribution in [3.8, 4) is 0 Å². The van der Waals surface area contributed by atoms with Gasteiger partial charge in [-0.25, -0.2) is 0 Å². The quantitative estimate of drug-likeness (QED) is 0.639. The van der Waals surface area contributed by atoms with Crippen LogP contribution in [-0.4, -0.2) is 29.6 Å². The Morgan fingerprint density at radius 1 is 1.38 bits per heavy atom. The SMILES string of the molecule is CC[C@H](CCC1CC(C(=O)O)C[C@H]1N)C(C)CNC(C)=O. The zero-order chi connectivity index (χ0) is 16.0. The van der Waals surface area contributed by atoms with Crippen LogP contribution >= 0.6 is 0 Å². The van der Waals surface area contributed by atoms with E-state index in [0.717, 1.165) is 19.3 Å². The summed E-state index contributed by atoms with van der Waals surface area (Å²) in [5, 5.41) is 12.0. The van der Waals surface area contributed by atoms with Gasteiger partial charge in [0.2, 0.25) is 5.91 Å². The second kappa shape index (κ2) is 8.37. The van der Waals surface area contributed by atoms with E-state index in [1.807, 2.05) is 0 Å². The van der Waals surface area contributed by atoms with Crippen LogP contribution in [0.25, 0.3) is 0 Å². The van der Waals surface area contributed by atoms with Crippen molar-refractivity contribution in [3.05, 3.63) is 0 Å². The van der Waals surface area contributed by atoms with Crippen LogP contribution in [0.15, 0.2) is 0 Å². The number of hydrogen-bond acceptors (Lipinski definition) is 3. The lowest BCUT2D eigenvalue weighted by molar-refractivity contribution is -0.141. The van der Waals surface area contributed by atoms with Gasteiger partial charge in [0, 0.05) is 19.5 Å². The van der Waals surface area contributed by atoms with Crippen LogP contribution in [0.3, 0.4) is 0 Å². The van der Waals surface area contributed by atoms with Gasteiger partial charge < -0.3 is 16.2 Å². The molecule has 0 aromatic carbocycles. The molecule has 0 aliphatic heterocycles. The second-order valence-electron chi connectivity index (χ2n) is 6.59. The molecule has 5 nitrogen and oxygen atoms in total. The first-order chi connectivity index (χ1) is 9.85. The van der Waals surface area contributed by atoms with E-state index in [4.69, 9.17) is 10.8 Å². The third-order valence-electron chi connectivity index (χ3n) is 5.01. The average molecular weight is 298 g/mol. The first kappa shape index (κ1) is 18.0. The summed E-state index contributed by atoms with van der Waals surface area (Å²) in [5.74, 6) is 0.354. The third kappa shape index (κ3) is 5.65. The van der Waals surface area contributed by atoms with Gasteiger partial charge >= 0.3 is 5.97 Å². The average Bonchev–Trinajstić information content (AvgIpc) is 2.79. The van der Waals surface area contributed by atoms with Crippen molar-refractivity contribution >= 4 is 11.9 Å². The van der Waals surface area contributed by atoms with E-state index in [2.05, 4.69) is 19.2 Å². The van der Waals surface area contributed by atoms with E-state index >= 15 is 0 Å². The molecular formula is C16H30N2O3. The predicted octanol–water partition coefficient (Wildman–Crippen LogP) is 2.00. The van der Waals surface area contributed by atoms with Crippen LogP contribution in [0.5, 0.6) is 0 Å². The number of rotatable bonds is 8. The summed E-state index contributed by atoms with van der Waals surface area (Å²) >= 11 is 0. The van der Waals surface area contributed by atoms with Gasteiger partial charge in [-0.1, -0.05) is 20.3 Å². The number of nitrogens with two attached hydrogens (primary N) is 1. The molecule has 4 N–H and O–H groups in total. The highest BCUT2D eigenvalue weighted by Gasteiger charge is 2.35. The molecule has 0 bridgehead atoms. The fourth-order valence-electron chi connectivity index (χ4n) is 3.48. The summed E-state index contributed by atoms with van der Waals surface area (Å²) in [7, 11) is 0. The Balaban J connectivity index is 2.40. The largest absolute Gasteiger partial charge is 0.481 e. The number of amides is 1. The first-order valence-electron chi connectivity index (χ1n) is 8.07. The lowest BCUT2D eigenvalue weighted by Crippen LogP contribution is -2.30. The summed E-state index contributed by atoms with van der Waals surface area (Å²) in [6.45, 7) is 6.59. The zero-order valence-corrected chi connectivity index (χ0v) is 13.5. The van der Waals surface area contributed by atoms with E-state index in [1.165, 1.54) is 6.92 Å². The Hall–Kier alpha value is -1.10. The third-order valence-corrected chi connectivity index (χ3v) is 5.01. The fraction of sp³-hybridized carbons (Fsp3) is 0.875. The van der Waals surface area contributed by atoms with Crippen LogP contribution in [0.2, 0.25) is 0 Å². The van der Waals surface area contributed by atoms with E-state index in [0.29, 0.717) is 37.1 Å². The van der Waals surface area contributed by atoms with Crippen molar-refractivity contribution in [2.75, 3.05) is 6.54 Å². The Labute approximate surface area is 127 Å².